The van der Waals surface area contributed by atoms with Gasteiger partial charge < -0.3 is 19.7 Å². The Balaban J connectivity index is 2.11. The first kappa shape index (κ1) is 37.2. The maximum Gasteiger partial charge on any atom is 0.312 e. The van der Waals surface area contributed by atoms with Crippen LogP contribution in [0.3, 0.4) is 0 Å². The first-order valence-corrected chi connectivity index (χ1v) is 16.0. The van der Waals surface area contributed by atoms with Crippen molar-refractivity contribution in [2.24, 2.45) is 5.92 Å². The van der Waals surface area contributed by atoms with Gasteiger partial charge in [0.25, 0.3) is 0 Å². The molecule has 2 rings (SSSR count). The predicted molar refractivity (Wildman–Crippen MR) is 178 cm³/mol. The average Bonchev–Trinajstić information content (AvgIpc) is 2.85. The van der Waals surface area contributed by atoms with Crippen molar-refractivity contribution in [3.8, 4) is 11.5 Å². The van der Waals surface area contributed by atoms with Crippen molar-refractivity contribution < 1.29 is 29.3 Å². The van der Waals surface area contributed by atoms with Gasteiger partial charge in [-0.3, -0.25) is 9.59 Å². The van der Waals surface area contributed by atoms with Crippen molar-refractivity contribution >= 4 is 11.9 Å². The first-order chi connectivity index (χ1) is 20.0. The van der Waals surface area contributed by atoms with Crippen LogP contribution in [0.25, 0.3) is 0 Å². The molecule has 0 amide bonds. The summed E-state index contributed by atoms with van der Waals surface area (Å²) in [5, 5.41) is 22.0. The molecular formula is C38H58O6. The van der Waals surface area contributed by atoms with Gasteiger partial charge in [0, 0.05) is 6.42 Å². The summed E-state index contributed by atoms with van der Waals surface area (Å²) in [4.78, 5) is 25.8. The summed E-state index contributed by atoms with van der Waals surface area (Å²) < 4.78 is 10.8. The van der Waals surface area contributed by atoms with Gasteiger partial charge in [-0.2, -0.15) is 0 Å². The monoisotopic (exact) mass is 610 g/mol. The van der Waals surface area contributed by atoms with Crippen LogP contribution in [0.2, 0.25) is 0 Å². The lowest BCUT2D eigenvalue weighted by molar-refractivity contribution is -0.170. The fourth-order valence-corrected chi connectivity index (χ4v) is 5.46. The molecule has 1 unspecified atom stereocenters. The molecule has 246 valence electrons. The van der Waals surface area contributed by atoms with Crippen LogP contribution in [0, 0.1) is 5.92 Å². The second kappa shape index (κ2) is 14.0. The Labute approximate surface area is 266 Å². The highest BCUT2D eigenvalue weighted by Crippen LogP contribution is 2.41. The van der Waals surface area contributed by atoms with Gasteiger partial charge in [0.1, 0.15) is 11.5 Å². The van der Waals surface area contributed by atoms with Crippen LogP contribution in [-0.2, 0) is 53.6 Å². The maximum atomic E-state index is 13.1. The topological polar surface area (TPSA) is 93.1 Å². The van der Waals surface area contributed by atoms with Crippen LogP contribution < -0.4 is 0 Å². The molecule has 0 saturated carbocycles. The molecule has 2 aromatic carbocycles. The van der Waals surface area contributed by atoms with Gasteiger partial charge in [0.05, 0.1) is 5.92 Å². The molecule has 6 heteroatoms. The molecule has 0 fully saturated rings. The van der Waals surface area contributed by atoms with Crippen molar-refractivity contribution in [3.63, 3.8) is 0 Å². The van der Waals surface area contributed by atoms with Crippen molar-refractivity contribution in [3.05, 3.63) is 57.6 Å². The summed E-state index contributed by atoms with van der Waals surface area (Å²) in [5.74, 6) is -0.623. The van der Waals surface area contributed by atoms with Gasteiger partial charge in [0.2, 0.25) is 6.79 Å². The third kappa shape index (κ3) is 10.0. The normalized spacial score (nSPS) is 13.5. The molecule has 2 aromatic rings. The number of esters is 2. The number of rotatable bonds is 10. The number of carbonyl (C=O) groups is 2. The zero-order valence-electron chi connectivity index (χ0n) is 29.7. The quantitative estimate of drug-likeness (QED) is 0.206. The molecule has 0 heterocycles. The maximum absolute atomic E-state index is 13.1. The largest absolute Gasteiger partial charge is 0.507 e. The minimum atomic E-state index is -0.448. The Hall–Kier alpha value is -3.02. The minimum Gasteiger partial charge on any atom is -0.507 e. The molecule has 0 aliphatic carbocycles. The molecule has 6 nitrogen and oxygen atoms in total. The summed E-state index contributed by atoms with van der Waals surface area (Å²) in [6, 6.07) is 7.93. The van der Waals surface area contributed by atoms with Gasteiger partial charge in [-0.25, -0.2) is 0 Å². The number of hydrogen-bond donors (Lipinski definition) is 2. The summed E-state index contributed by atoms with van der Waals surface area (Å²) in [7, 11) is 0. The zero-order chi connectivity index (χ0) is 33.8. The van der Waals surface area contributed by atoms with Crippen molar-refractivity contribution in [1.29, 1.82) is 0 Å². The van der Waals surface area contributed by atoms with Crippen LogP contribution in [0.15, 0.2) is 24.3 Å². The van der Waals surface area contributed by atoms with E-state index in [0.717, 1.165) is 39.8 Å². The molecular weight excluding hydrogens is 552 g/mol. The number of phenolic OH excluding ortho intramolecular Hbond substituents is 2. The molecule has 0 bridgehead atoms. The van der Waals surface area contributed by atoms with E-state index in [2.05, 4.69) is 83.1 Å². The molecule has 0 aliphatic rings. The first-order valence-electron chi connectivity index (χ1n) is 16.0. The second-order valence-electron chi connectivity index (χ2n) is 16.4. The van der Waals surface area contributed by atoms with E-state index >= 15 is 0 Å². The molecule has 0 aromatic heterocycles. The van der Waals surface area contributed by atoms with E-state index in [1.807, 2.05) is 31.2 Å². The molecule has 1 atom stereocenters. The highest BCUT2D eigenvalue weighted by molar-refractivity contribution is 5.73. The lowest BCUT2D eigenvalue weighted by atomic mass is 9.77. The smallest absolute Gasteiger partial charge is 0.312 e. The van der Waals surface area contributed by atoms with Crippen LogP contribution >= 0.6 is 0 Å². The highest BCUT2D eigenvalue weighted by Gasteiger charge is 2.29. The van der Waals surface area contributed by atoms with Crippen LogP contribution in [0.4, 0.5) is 0 Å². The zero-order valence-corrected chi connectivity index (χ0v) is 29.7. The Morgan fingerprint density at radius 2 is 1.05 bits per heavy atom. The van der Waals surface area contributed by atoms with E-state index in [9.17, 15) is 19.8 Å². The van der Waals surface area contributed by atoms with Gasteiger partial charge in [-0.05, 0) is 74.3 Å². The van der Waals surface area contributed by atoms with E-state index < -0.39 is 24.6 Å². The number of aryl methyl sites for hydroxylation is 1. The number of benzene rings is 2. The fraction of sp³-hybridized carbons (Fsp3) is 0.632. The lowest BCUT2D eigenvalue weighted by Crippen LogP contribution is -2.23. The van der Waals surface area contributed by atoms with Crippen molar-refractivity contribution in [2.75, 3.05) is 6.79 Å². The molecule has 44 heavy (non-hydrogen) atoms. The molecule has 0 radical (unpaired) electrons. The second-order valence-corrected chi connectivity index (χ2v) is 16.4. The predicted octanol–water partition coefficient (Wildman–Crippen LogP) is 8.92. The number of carbonyl (C=O) groups excluding carboxylic acids is 2. The van der Waals surface area contributed by atoms with Crippen molar-refractivity contribution in [1.82, 2.24) is 0 Å². The Morgan fingerprint density at radius 1 is 0.659 bits per heavy atom. The minimum absolute atomic E-state index is 0.131. The number of ether oxygens (including phenoxy) is 2. The number of hydrogen-bond acceptors (Lipinski definition) is 6. The van der Waals surface area contributed by atoms with Gasteiger partial charge in [-0.1, -0.05) is 121 Å². The Kier molecular flexibility index (Phi) is 11.8. The fourth-order valence-electron chi connectivity index (χ4n) is 5.46. The molecule has 0 spiro atoms. The average molecular weight is 611 g/mol. The van der Waals surface area contributed by atoms with Gasteiger partial charge in [-0.15, -0.1) is 0 Å². The van der Waals surface area contributed by atoms with Crippen molar-refractivity contribution in [2.45, 2.75) is 144 Å². The third-order valence-corrected chi connectivity index (χ3v) is 8.06. The summed E-state index contributed by atoms with van der Waals surface area (Å²) >= 11 is 0. The molecule has 0 saturated heterocycles. The van der Waals surface area contributed by atoms with E-state index in [1.165, 1.54) is 0 Å². The summed E-state index contributed by atoms with van der Waals surface area (Å²) in [6.45, 7) is 26.4. The van der Waals surface area contributed by atoms with Gasteiger partial charge >= 0.3 is 11.9 Å². The van der Waals surface area contributed by atoms with E-state index in [1.54, 1.807) is 0 Å². The van der Waals surface area contributed by atoms with E-state index in [0.29, 0.717) is 30.8 Å². The number of phenols is 2. The van der Waals surface area contributed by atoms with E-state index in [4.69, 9.17) is 9.47 Å². The Bertz CT molecular complexity index is 1240. The van der Waals surface area contributed by atoms with Crippen LogP contribution in [0.5, 0.6) is 11.5 Å². The standard InChI is InChI=1S/C38H58O6/c1-14-15-26(18-25-21-29(37(8,9)10)33(41)30(22-25)38(11,12)13)34(42)44-23-43-31(39)17-16-24-19-27(35(2,3)4)32(40)28(20-24)36(5,6)7/h19-22,26,40-41H,14-18,23H2,1-13H3. The number of aromatic hydroxyl groups is 2. The summed E-state index contributed by atoms with van der Waals surface area (Å²) in [6.07, 6.45) is 2.49. The molecule has 2 N–H and O–H groups in total. The lowest BCUT2D eigenvalue weighted by Gasteiger charge is -2.28. The van der Waals surface area contributed by atoms with E-state index in [-0.39, 0.29) is 28.1 Å². The summed E-state index contributed by atoms with van der Waals surface area (Å²) in [5.41, 5.74) is 4.29. The van der Waals surface area contributed by atoms with Crippen LogP contribution in [-0.4, -0.2) is 28.9 Å². The SMILES string of the molecule is CCCC(Cc1cc(C(C)(C)C)c(O)c(C(C)(C)C)c1)C(=O)OCOC(=O)CCc1cc(C(C)(C)C)c(O)c(C(C)(C)C)c1. The van der Waals surface area contributed by atoms with Gasteiger partial charge in [0.15, 0.2) is 0 Å². The molecule has 0 aliphatic heterocycles. The highest BCUT2D eigenvalue weighted by atomic mass is 16.7. The third-order valence-electron chi connectivity index (χ3n) is 8.06. The Morgan fingerprint density at radius 3 is 1.41 bits per heavy atom. The van der Waals surface area contributed by atoms with Crippen LogP contribution in [0.1, 0.15) is 143 Å².